The Bertz CT molecular complexity index is 556. The van der Waals surface area contributed by atoms with Crippen LogP contribution in [0.15, 0.2) is 0 Å². The van der Waals surface area contributed by atoms with Gasteiger partial charge in [0.05, 0.1) is 12.3 Å². The molecule has 2 aliphatic carbocycles. The number of aromatic nitrogens is 1. The molecule has 3 atom stereocenters. The van der Waals surface area contributed by atoms with E-state index in [1.54, 1.807) is 0 Å². The van der Waals surface area contributed by atoms with E-state index in [4.69, 9.17) is 9.72 Å². The number of rotatable bonds is 3. The number of hydrogen-bond acceptors (Lipinski definition) is 5. The third kappa shape index (κ3) is 2.26. The molecule has 3 aliphatic rings. The fourth-order valence-corrected chi connectivity index (χ4v) is 5.40. The fourth-order valence-electron chi connectivity index (χ4n) is 4.16. The number of carbonyl (C=O) groups excluding carboxylic acids is 1. The highest BCUT2D eigenvalue weighted by Crippen LogP contribution is 2.44. The van der Waals surface area contributed by atoms with Crippen LogP contribution in [0.4, 0.5) is 5.13 Å². The first-order chi connectivity index (χ1) is 10.3. The Hall–Kier alpha value is -1.10. The van der Waals surface area contributed by atoms with Gasteiger partial charge in [0.15, 0.2) is 5.13 Å². The average Bonchev–Trinajstić information content (AvgIpc) is 3.20. The third-order valence-corrected chi connectivity index (χ3v) is 6.34. The van der Waals surface area contributed by atoms with E-state index in [1.807, 2.05) is 18.3 Å². The van der Waals surface area contributed by atoms with E-state index in [9.17, 15) is 4.79 Å². The molecule has 0 radical (unpaired) electrons. The zero-order valence-corrected chi connectivity index (χ0v) is 13.3. The second-order valence-corrected chi connectivity index (χ2v) is 7.55. The second-order valence-electron chi connectivity index (χ2n) is 6.49. The monoisotopic (exact) mass is 306 g/mol. The minimum absolute atomic E-state index is 0.0850. The fraction of sp³-hybridized carbons (Fsp3) is 0.750. The number of esters is 1. The maximum absolute atomic E-state index is 12.1. The molecule has 0 spiro atoms. The van der Waals surface area contributed by atoms with E-state index in [2.05, 4.69) is 4.90 Å². The maximum Gasteiger partial charge on any atom is 0.315 e. The molecule has 2 bridgehead atoms. The number of ether oxygens (including phenoxy) is 1. The van der Waals surface area contributed by atoms with Gasteiger partial charge in [-0.05, 0) is 51.4 Å². The van der Waals surface area contributed by atoms with Crippen molar-refractivity contribution in [2.75, 3.05) is 18.1 Å². The van der Waals surface area contributed by atoms with Gasteiger partial charge >= 0.3 is 5.97 Å². The Balaban J connectivity index is 1.60. The molecule has 2 fully saturated rings. The number of piperidine rings is 1. The van der Waals surface area contributed by atoms with E-state index >= 15 is 0 Å². The van der Waals surface area contributed by atoms with Crippen LogP contribution in [-0.4, -0.2) is 30.1 Å². The topological polar surface area (TPSA) is 42.4 Å². The van der Waals surface area contributed by atoms with Crippen molar-refractivity contribution in [3.8, 4) is 0 Å². The van der Waals surface area contributed by atoms with Crippen molar-refractivity contribution >= 4 is 22.4 Å². The number of nitrogens with zero attached hydrogens (tertiary/aromatic N) is 2. The van der Waals surface area contributed by atoms with Crippen LogP contribution < -0.4 is 4.90 Å². The highest BCUT2D eigenvalue weighted by atomic mass is 32.1. The standard InChI is InChI=1S/C16H22N2O2S/c1-2-20-15(19)12-4-3-5-13-14(12)17-16(21-13)18-9-10-6-7-11(18)8-10/h10-12H,2-9H2,1H3. The molecule has 3 unspecified atom stereocenters. The molecule has 1 aliphatic heterocycles. The van der Waals surface area contributed by atoms with Crippen molar-refractivity contribution < 1.29 is 9.53 Å². The van der Waals surface area contributed by atoms with Crippen molar-refractivity contribution in [3.63, 3.8) is 0 Å². The summed E-state index contributed by atoms with van der Waals surface area (Å²) in [5, 5.41) is 1.16. The quantitative estimate of drug-likeness (QED) is 0.805. The van der Waals surface area contributed by atoms with E-state index in [-0.39, 0.29) is 11.9 Å². The van der Waals surface area contributed by atoms with Gasteiger partial charge in [-0.2, -0.15) is 0 Å². The molecule has 1 saturated heterocycles. The van der Waals surface area contributed by atoms with Gasteiger partial charge < -0.3 is 9.64 Å². The zero-order chi connectivity index (χ0) is 14.4. The number of carbonyl (C=O) groups is 1. The summed E-state index contributed by atoms with van der Waals surface area (Å²) < 4.78 is 5.23. The summed E-state index contributed by atoms with van der Waals surface area (Å²) in [6.45, 7) is 3.49. The molecule has 114 valence electrons. The molecule has 0 amide bonds. The molecular weight excluding hydrogens is 284 g/mol. The lowest BCUT2D eigenvalue weighted by molar-refractivity contribution is -0.145. The summed E-state index contributed by atoms with van der Waals surface area (Å²) >= 11 is 1.82. The van der Waals surface area contributed by atoms with Crippen molar-refractivity contribution in [2.24, 2.45) is 5.92 Å². The summed E-state index contributed by atoms with van der Waals surface area (Å²) in [4.78, 5) is 20.8. The van der Waals surface area contributed by atoms with Crippen LogP contribution in [-0.2, 0) is 16.0 Å². The van der Waals surface area contributed by atoms with Crippen molar-refractivity contribution in [1.82, 2.24) is 4.98 Å². The van der Waals surface area contributed by atoms with Crippen LogP contribution in [0, 0.1) is 5.92 Å². The van der Waals surface area contributed by atoms with Gasteiger partial charge in [0, 0.05) is 17.5 Å². The Kier molecular flexibility index (Phi) is 3.40. The van der Waals surface area contributed by atoms with Crippen molar-refractivity contribution in [2.45, 2.75) is 57.4 Å². The molecule has 1 aromatic heterocycles. The minimum Gasteiger partial charge on any atom is -0.465 e. The van der Waals surface area contributed by atoms with Gasteiger partial charge in [-0.15, -0.1) is 11.3 Å². The molecule has 0 N–H and O–H groups in total. The Morgan fingerprint density at radius 2 is 2.33 bits per heavy atom. The van der Waals surface area contributed by atoms with E-state index < -0.39 is 0 Å². The highest BCUT2D eigenvalue weighted by molar-refractivity contribution is 7.15. The molecule has 1 aromatic rings. The normalized spacial score (nSPS) is 30.5. The molecule has 21 heavy (non-hydrogen) atoms. The van der Waals surface area contributed by atoms with Crippen LogP contribution in [0.5, 0.6) is 0 Å². The summed E-state index contributed by atoms with van der Waals surface area (Å²) in [7, 11) is 0. The van der Waals surface area contributed by atoms with Crippen LogP contribution >= 0.6 is 11.3 Å². The van der Waals surface area contributed by atoms with Crippen LogP contribution in [0.3, 0.4) is 0 Å². The lowest BCUT2D eigenvalue weighted by atomic mass is 9.91. The Morgan fingerprint density at radius 1 is 1.43 bits per heavy atom. The van der Waals surface area contributed by atoms with Gasteiger partial charge in [-0.1, -0.05) is 0 Å². The molecule has 4 rings (SSSR count). The summed E-state index contributed by atoms with van der Waals surface area (Å²) in [6.07, 6.45) is 7.08. The first kappa shape index (κ1) is 13.6. The van der Waals surface area contributed by atoms with Crippen LogP contribution in [0.25, 0.3) is 0 Å². The van der Waals surface area contributed by atoms with Gasteiger partial charge in [-0.3, -0.25) is 4.79 Å². The van der Waals surface area contributed by atoms with Gasteiger partial charge in [0.25, 0.3) is 0 Å². The van der Waals surface area contributed by atoms with Crippen molar-refractivity contribution in [1.29, 1.82) is 0 Å². The SMILES string of the molecule is CCOC(=O)C1CCCc2sc(N3CC4CCC3C4)nc21. The molecular formula is C16H22N2O2S. The van der Waals surface area contributed by atoms with E-state index in [0.717, 1.165) is 36.0 Å². The Morgan fingerprint density at radius 3 is 3.05 bits per heavy atom. The van der Waals surface area contributed by atoms with Gasteiger partial charge in [0.1, 0.15) is 5.92 Å². The largest absolute Gasteiger partial charge is 0.465 e. The molecule has 2 heterocycles. The number of anilines is 1. The van der Waals surface area contributed by atoms with Crippen LogP contribution in [0.2, 0.25) is 0 Å². The van der Waals surface area contributed by atoms with Crippen molar-refractivity contribution in [3.05, 3.63) is 10.6 Å². The lowest BCUT2D eigenvalue weighted by Crippen LogP contribution is -2.31. The molecule has 0 aromatic carbocycles. The minimum atomic E-state index is -0.126. The highest BCUT2D eigenvalue weighted by Gasteiger charge is 2.40. The number of thiazole rings is 1. The van der Waals surface area contributed by atoms with Crippen LogP contribution in [0.1, 0.15) is 55.5 Å². The predicted octanol–water partition coefficient (Wildman–Crippen LogP) is 3.11. The number of aryl methyl sites for hydroxylation is 1. The summed E-state index contributed by atoms with van der Waals surface area (Å²) in [6, 6.07) is 0.698. The summed E-state index contributed by atoms with van der Waals surface area (Å²) in [5.41, 5.74) is 1.02. The maximum atomic E-state index is 12.1. The van der Waals surface area contributed by atoms with Gasteiger partial charge in [0.2, 0.25) is 0 Å². The molecule has 5 heteroatoms. The first-order valence-electron chi connectivity index (χ1n) is 8.19. The average molecular weight is 306 g/mol. The summed E-state index contributed by atoms with van der Waals surface area (Å²) in [5.74, 6) is 0.661. The third-order valence-electron chi connectivity index (χ3n) is 5.17. The number of hydrogen-bond donors (Lipinski definition) is 0. The smallest absolute Gasteiger partial charge is 0.315 e. The van der Waals surface area contributed by atoms with E-state index in [0.29, 0.717) is 12.6 Å². The predicted molar refractivity (Wildman–Crippen MR) is 82.9 cm³/mol. The number of fused-ring (bicyclic) bond motifs is 3. The Labute approximate surface area is 129 Å². The second kappa shape index (κ2) is 5.27. The van der Waals surface area contributed by atoms with Gasteiger partial charge in [-0.25, -0.2) is 4.98 Å². The van der Waals surface area contributed by atoms with E-state index in [1.165, 1.54) is 30.7 Å². The zero-order valence-electron chi connectivity index (χ0n) is 12.5. The molecule has 4 nitrogen and oxygen atoms in total. The first-order valence-corrected chi connectivity index (χ1v) is 9.00. The lowest BCUT2D eigenvalue weighted by Gasteiger charge is -2.26. The molecule has 1 saturated carbocycles.